The summed E-state index contributed by atoms with van der Waals surface area (Å²) in [6.07, 6.45) is -0.275. The van der Waals surface area contributed by atoms with Crippen molar-refractivity contribution >= 4 is 17.8 Å². The predicted octanol–water partition coefficient (Wildman–Crippen LogP) is 4.31. The highest BCUT2D eigenvalue weighted by atomic mass is 19.4. The molecule has 1 aromatic heterocycles. The fourth-order valence-electron chi connectivity index (χ4n) is 3.46. The molecule has 1 atom stereocenters. The first kappa shape index (κ1) is 24.0. The fraction of sp³-hybridized carbons (Fsp3) is 0.667. The van der Waals surface area contributed by atoms with Crippen LogP contribution in [-0.2, 0) is 11.0 Å². The molecular weight excluding hydrogens is 397 g/mol. The van der Waals surface area contributed by atoms with Crippen LogP contribution in [0.1, 0.15) is 52.0 Å². The van der Waals surface area contributed by atoms with Gasteiger partial charge in [-0.2, -0.15) is 13.2 Å². The number of carbonyl (C=O) groups excluding carboxylic acids is 2. The number of amides is 3. The Morgan fingerprint density at radius 1 is 1.10 bits per heavy atom. The molecule has 6 nitrogen and oxygen atoms in total. The Balaban J connectivity index is 1.86. The number of carbonyl (C=O) groups is 2. The summed E-state index contributed by atoms with van der Waals surface area (Å²) in [5.74, 6) is 0.545. The highest BCUT2D eigenvalue weighted by Gasteiger charge is 2.31. The number of nitrogens with one attached hydrogen (secondary N) is 1. The van der Waals surface area contributed by atoms with Crippen molar-refractivity contribution in [2.45, 2.75) is 52.6 Å². The molecule has 168 valence electrons. The highest BCUT2D eigenvalue weighted by Crippen LogP contribution is 2.29. The van der Waals surface area contributed by atoms with Crippen LogP contribution in [0.15, 0.2) is 18.3 Å². The lowest BCUT2D eigenvalue weighted by Gasteiger charge is -2.35. The number of aromatic nitrogens is 1. The largest absolute Gasteiger partial charge is 0.417 e. The van der Waals surface area contributed by atoms with Gasteiger partial charge in [-0.25, -0.2) is 9.78 Å². The van der Waals surface area contributed by atoms with Crippen molar-refractivity contribution in [3.8, 4) is 0 Å². The van der Waals surface area contributed by atoms with Crippen LogP contribution >= 0.6 is 0 Å². The van der Waals surface area contributed by atoms with E-state index in [1.54, 1.807) is 4.90 Å². The topological polar surface area (TPSA) is 65.5 Å². The Hall–Kier alpha value is -2.32. The fourth-order valence-corrected chi connectivity index (χ4v) is 3.46. The van der Waals surface area contributed by atoms with Crippen LogP contribution in [0.3, 0.4) is 0 Å². The molecule has 9 heteroatoms. The van der Waals surface area contributed by atoms with E-state index in [2.05, 4.69) is 24.1 Å². The minimum atomic E-state index is -4.42. The van der Waals surface area contributed by atoms with Crippen LogP contribution in [0.4, 0.5) is 23.8 Å². The average molecular weight is 428 g/mol. The van der Waals surface area contributed by atoms with E-state index >= 15 is 0 Å². The summed E-state index contributed by atoms with van der Waals surface area (Å²) < 4.78 is 38.0. The summed E-state index contributed by atoms with van der Waals surface area (Å²) in [5, 5.41) is 2.53. The molecule has 0 aliphatic carbocycles. The van der Waals surface area contributed by atoms with Crippen LogP contribution in [-0.4, -0.2) is 48.0 Å². The molecule has 0 bridgehead atoms. The molecule has 0 aromatic carbocycles. The lowest BCUT2D eigenvalue weighted by atomic mass is 9.93. The monoisotopic (exact) mass is 428 g/mol. The Labute approximate surface area is 175 Å². The molecular formula is C21H31F3N4O2. The molecule has 1 saturated heterocycles. The third-order valence-electron chi connectivity index (χ3n) is 5.30. The van der Waals surface area contributed by atoms with Crippen LogP contribution in [0.5, 0.6) is 0 Å². The number of urea groups is 1. The maximum Gasteiger partial charge on any atom is 0.417 e. The van der Waals surface area contributed by atoms with Crippen molar-refractivity contribution in [1.29, 1.82) is 0 Å². The van der Waals surface area contributed by atoms with Crippen LogP contribution in [0, 0.1) is 11.8 Å². The van der Waals surface area contributed by atoms with Gasteiger partial charge in [-0.1, -0.05) is 33.6 Å². The van der Waals surface area contributed by atoms with Gasteiger partial charge < -0.3 is 9.80 Å². The van der Waals surface area contributed by atoms with Crippen molar-refractivity contribution in [3.05, 3.63) is 23.9 Å². The molecule has 0 spiro atoms. The Kier molecular flexibility index (Phi) is 8.49. The van der Waals surface area contributed by atoms with Crippen LogP contribution < -0.4 is 10.2 Å². The molecule has 0 radical (unpaired) electrons. The van der Waals surface area contributed by atoms with Gasteiger partial charge in [-0.05, 0) is 30.9 Å². The first-order valence-electron chi connectivity index (χ1n) is 10.5. The third kappa shape index (κ3) is 6.88. The summed E-state index contributed by atoms with van der Waals surface area (Å²) >= 11 is 0. The number of hydrogen-bond donors (Lipinski definition) is 1. The van der Waals surface area contributed by atoms with Gasteiger partial charge >= 0.3 is 12.2 Å². The van der Waals surface area contributed by atoms with E-state index in [-0.39, 0.29) is 11.8 Å². The van der Waals surface area contributed by atoms with Crippen LogP contribution in [0.2, 0.25) is 0 Å². The molecule has 0 saturated carbocycles. The summed E-state index contributed by atoms with van der Waals surface area (Å²) in [4.78, 5) is 32.3. The number of alkyl halides is 3. The van der Waals surface area contributed by atoms with E-state index in [1.165, 1.54) is 6.07 Å². The lowest BCUT2D eigenvalue weighted by molar-refractivity contribution is -0.137. The normalized spacial score (nSPS) is 16.0. The second kappa shape index (κ2) is 10.6. The van der Waals surface area contributed by atoms with Gasteiger partial charge in [0.1, 0.15) is 5.82 Å². The number of rotatable bonds is 7. The molecule has 0 unspecified atom stereocenters. The molecule has 30 heavy (non-hydrogen) atoms. The average Bonchev–Trinajstić information content (AvgIpc) is 2.70. The first-order chi connectivity index (χ1) is 14.1. The Morgan fingerprint density at radius 2 is 1.77 bits per heavy atom. The summed E-state index contributed by atoms with van der Waals surface area (Å²) in [7, 11) is 0. The van der Waals surface area contributed by atoms with Gasteiger partial charge in [0.15, 0.2) is 0 Å². The first-order valence-corrected chi connectivity index (χ1v) is 10.5. The molecule has 2 rings (SSSR count). The van der Waals surface area contributed by atoms with Crippen LogP contribution in [0.25, 0.3) is 0 Å². The number of imide groups is 1. The molecule has 3 amide bonds. The van der Waals surface area contributed by atoms with Gasteiger partial charge in [-0.3, -0.25) is 10.1 Å². The minimum absolute atomic E-state index is 0.168. The SMILES string of the molecule is CCC[C@@H](CCC(C)C)C(=O)NC(=O)N1CCN(c2ccc(C(F)(F)F)cn2)CC1. The van der Waals surface area contributed by atoms with Gasteiger partial charge in [0, 0.05) is 38.3 Å². The summed E-state index contributed by atoms with van der Waals surface area (Å²) in [6, 6.07) is 1.93. The van der Waals surface area contributed by atoms with Gasteiger partial charge in [0.25, 0.3) is 0 Å². The number of hydrogen-bond acceptors (Lipinski definition) is 4. The van der Waals surface area contributed by atoms with Gasteiger partial charge in [0.2, 0.25) is 5.91 Å². The maximum absolute atomic E-state index is 12.7. The zero-order chi connectivity index (χ0) is 22.3. The second-order valence-corrected chi connectivity index (χ2v) is 8.13. The predicted molar refractivity (Wildman–Crippen MR) is 109 cm³/mol. The number of pyridine rings is 1. The Bertz CT molecular complexity index is 699. The van der Waals surface area contributed by atoms with E-state index < -0.39 is 17.8 Å². The van der Waals surface area contributed by atoms with Crippen molar-refractivity contribution in [1.82, 2.24) is 15.2 Å². The molecule has 2 heterocycles. The van der Waals surface area contributed by atoms with Crippen molar-refractivity contribution in [2.24, 2.45) is 11.8 Å². The number of nitrogens with zero attached hydrogens (tertiary/aromatic N) is 3. The summed E-state index contributed by atoms with van der Waals surface area (Å²) in [5.41, 5.74) is -0.790. The van der Waals surface area contributed by atoms with E-state index in [4.69, 9.17) is 0 Å². The van der Waals surface area contributed by atoms with E-state index in [9.17, 15) is 22.8 Å². The van der Waals surface area contributed by atoms with Crippen molar-refractivity contribution in [2.75, 3.05) is 31.1 Å². The third-order valence-corrected chi connectivity index (χ3v) is 5.30. The zero-order valence-corrected chi connectivity index (χ0v) is 17.8. The number of piperazine rings is 1. The van der Waals surface area contributed by atoms with E-state index in [0.29, 0.717) is 37.9 Å². The number of anilines is 1. The van der Waals surface area contributed by atoms with E-state index in [1.807, 2.05) is 11.8 Å². The molecule has 1 fully saturated rings. The van der Waals surface area contributed by atoms with E-state index in [0.717, 1.165) is 37.9 Å². The number of halogens is 3. The Morgan fingerprint density at radius 3 is 2.27 bits per heavy atom. The minimum Gasteiger partial charge on any atom is -0.353 e. The molecule has 1 N–H and O–H groups in total. The lowest BCUT2D eigenvalue weighted by Crippen LogP contribution is -2.53. The molecule has 1 aliphatic heterocycles. The molecule has 1 aliphatic rings. The quantitative estimate of drug-likeness (QED) is 0.703. The van der Waals surface area contributed by atoms with Gasteiger partial charge in [-0.15, -0.1) is 0 Å². The standard InChI is InChI=1S/C21H31F3N4O2/c1-4-5-16(7-6-15(2)3)19(29)26-20(30)28-12-10-27(11-13-28)18-9-8-17(14-25-18)21(22,23)24/h8-9,14-16H,4-7,10-13H2,1-3H3,(H,26,29,30)/t16-/m0/s1. The van der Waals surface area contributed by atoms with Crippen molar-refractivity contribution < 1.29 is 22.8 Å². The van der Waals surface area contributed by atoms with Gasteiger partial charge in [0.05, 0.1) is 5.56 Å². The van der Waals surface area contributed by atoms with Crippen molar-refractivity contribution in [3.63, 3.8) is 0 Å². The zero-order valence-electron chi connectivity index (χ0n) is 17.8. The molecule has 1 aromatic rings. The summed E-state index contributed by atoms with van der Waals surface area (Å²) in [6.45, 7) is 7.84. The second-order valence-electron chi connectivity index (χ2n) is 8.13. The smallest absolute Gasteiger partial charge is 0.353 e. The highest BCUT2D eigenvalue weighted by molar-refractivity contribution is 5.95. The maximum atomic E-state index is 12.7.